The standard InChI is InChI=1S/C32H45N2O10P/c1-7-28(37)41-31(21(3)4)43-45(40,44-32(22(5)6)42-29(38)8-2)20-34-26(30(39)33-19-27(35)36)18-23-14-16-25(17-15-23)24-12-10-9-11-13-24/h9-17,21-22,26,31-32,34H,7-8,18-20H2,1-6H3,(H,33,39)(H,35,36). The Labute approximate surface area is 264 Å². The number of benzene rings is 2. The third kappa shape index (κ3) is 13.1. The number of nitrogens with one attached hydrogen (secondary N) is 2. The summed E-state index contributed by atoms with van der Waals surface area (Å²) in [6, 6.07) is 16.1. The molecule has 13 heteroatoms. The van der Waals surface area contributed by atoms with Crippen molar-refractivity contribution in [1.82, 2.24) is 10.6 Å². The number of hydrogen-bond acceptors (Lipinski definition) is 10. The molecule has 0 fully saturated rings. The van der Waals surface area contributed by atoms with Gasteiger partial charge in [-0.2, -0.15) is 0 Å². The molecule has 0 aliphatic rings. The van der Waals surface area contributed by atoms with Crippen molar-refractivity contribution in [2.75, 3.05) is 12.8 Å². The summed E-state index contributed by atoms with van der Waals surface area (Å²) in [7, 11) is -4.32. The highest BCUT2D eigenvalue weighted by Crippen LogP contribution is 2.51. The Kier molecular flexibility index (Phi) is 15.4. The number of carboxylic acids is 1. The van der Waals surface area contributed by atoms with E-state index in [1.165, 1.54) is 0 Å². The number of carbonyl (C=O) groups is 4. The summed E-state index contributed by atoms with van der Waals surface area (Å²) in [5.41, 5.74) is 2.72. The fourth-order valence-electron chi connectivity index (χ4n) is 3.87. The van der Waals surface area contributed by atoms with Crippen molar-refractivity contribution in [3.05, 3.63) is 60.2 Å². The summed E-state index contributed by atoms with van der Waals surface area (Å²) in [4.78, 5) is 48.5. The van der Waals surface area contributed by atoms with E-state index in [2.05, 4.69) is 10.6 Å². The van der Waals surface area contributed by atoms with Crippen LogP contribution in [0, 0.1) is 11.8 Å². The second-order valence-electron chi connectivity index (χ2n) is 11.0. The molecule has 1 amide bonds. The molecule has 0 aliphatic carbocycles. The molecule has 0 radical (unpaired) electrons. The first-order chi connectivity index (χ1) is 21.3. The Morgan fingerprint density at radius 2 is 1.27 bits per heavy atom. The van der Waals surface area contributed by atoms with E-state index in [0.29, 0.717) is 0 Å². The quantitative estimate of drug-likeness (QED) is 0.105. The zero-order valence-electron chi connectivity index (χ0n) is 26.7. The van der Waals surface area contributed by atoms with Crippen molar-refractivity contribution >= 4 is 31.4 Å². The SMILES string of the molecule is CCC(=O)OC(OP(=O)(CNC(Cc1ccc(-c2ccccc2)cc1)C(=O)NCC(=O)O)OC(OC(=O)CC)C(C)C)C(C)C. The van der Waals surface area contributed by atoms with Gasteiger partial charge in [0.15, 0.2) is 0 Å². The molecule has 0 saturated carbocycles. The Morgan fingerprint density at radius 1 is 0.778 bits per heavy atom. The van der Waals surface area contributed by atoms with Crippen LogP contribution in [-0.4, -0.2) is 60.4 Å². The monoisotopic (exact) mass is 648 g/mol. The molecule has 0 aromatic heterocycles. The molecular formula is C32H45N2O10P. The molecule has 0 bridgehead atoms. The summed E-state index contributed by atoms with van der Waals surface area (Å²) in [6.45, 7) is 9.37. The number of rotatable bonds is 19. The minimum atomic E-state index is -4.32. The lowest BCUT2D eigenvalue weighted by Crippen LogP contribution is -2.47. The second kappa shape index (κ2) is 18.4. The van der Waals surface area contributed by atoms with Crippen LogP contribution in [0.5, 0.6) is 0 Å². The Bertz CT molecular complexity index is 1260. The molecule has 0 spiro atoms. The Hall–Kier alpha value is -3.57. The average molecular weight is 649 g/mol. The minimum absolute atomic E-state index is 0.0492. The normalized spacial score (nSPS) is 14.7. The highest BCUT2D eigenvalue weighted by atomic mass is 31.2. The lowest BCUT2D eigenvalue weighted by atomic mass is 10.0. The van der Waals surface area contributed by atoms with Gasteiger partial charge in [-0.05, 0) is 23.1 Å². The number of aliphatic carboxylic acids is 1. The fourth-order valence-corrected chi connectivity index (χ4v) is 5.71. The third-order valence-electron chi connectivity index (χ3n) is 6.45. The summed E-state index contributed by atoms with van der Waals surface area (Å²) in [6.07, 6.45) is -2.91. The number of amides is 1. The predicted octanol–water partition coefficient (Wildman–Crippen LogP) is 5.11. The number of carboxylic acid groups (broad SMARTS) is 1. The number of ether oxygens (including phenoxy) is 2. The van der Waals surface area contributed by atoms with Gasteiger partial charge < -0.3 is 19.9 Å². The van der Waals surface area contributed by atoms with E-state index in [-0.39, 0.29) is 19.3 Å². The zero-order valence-corrected chi connectivity index (χ0v) is 27.6. The maximum Gasteiger partial charge on any atom is 0.350 e. The van der Waals surface area contributed by atoms with Crippen LogP contribution in [-0.2, 0) is 48.7 Å². The van der Waals surface area contributed by atoms with Gasteiger partial charge in [-0.15, -0.1) is 0 Å². The molecule has 3 N–H and O–H groups in total. The summed E-state index contributed by atoms with van der Waals surface area (Å²) in [5.74, 6) is -3.95. The molecule has 45 heavy (non-hydrogen) atoms. The smallest absolute Gasteiger partial charge is 0.350 e. The first-order valence-electron chi connectivity index (χ1n) is 15.0. The van der Waals surface area contributed by atoms with Crippen LogP contribution in [0.4, 0.5) is 0 Å². The van der Waals surface area contributed by atoms with Crippen LogP contribution in [0.15, 0.2) is 54.6 Å². The van der Waals surface area contributed by atoms with E-state index < -0.39 is 74.7 Å². The van der Waals surface area contributed by atoms with Crippen molar-refractivity contribution in [3.63, 3.8) is 0 Å². The van der Waals surface area contributed by atoms with Crippen molar-refractivity contribution in [2.24, 2.45) is 11.8 Å². The van der Waals surface area contributed by atoms with Crippen LogP contribution < -0.4 is 10.6 Å². The van der Waals surface area contributed by atoms with Gasteiger partial charge in [-0.1, -0.05) is 96.1 Å². The van der Waals surface area contributed by atoms with Gasteiger partial charge in [0.1, 0.15) is 6.54 Å². The van der Waals surface area contributed by atoms with Crippen molar-refractivity contribution in [1.29, 1.82) is 0 Å². The fraction of sp³-hybridized carbons (Fsp3) is 0.500. The van der Waals surface area contributed by atoms with Crippen molar-refractivity contribution in [2.45, 2.75) is 79.4 Å². The van der Waals surface area contributed by atoms with Gasteiger partial charge >= 0.3 is 25.5 Å². The van der Waals surface area contributed by atoms with Gasteiger partial charge in [0.25, 0.3) is 0 Å². The van der Waals surface area contributed by atoms with Gasteiger partial charge in [-0.25, -0.2) is 0 Å². The van der Waals surface area contributed by atoms with E-state index in [9.17, 15) is 23.7 Å². The van der Waals surface area contributed by atoms with Crippen molar-refractivity contribution < 1.29 is 47.4 Å². The lowest BCUT2D eigenvalue weighted by molar-refractivity contribution is -0.178. The van der Waals surface area contributed by atoms with Crippen LogP contribution in [0.2, 0.25) is 0 Å². The maximum atomic E-state index is 14.3. The summed E-state index contributed by atoms with van der Waals surface area (Å²) in [5, 5.41) is 14.4. The predicted molar refractivity (Wildman–Crippen MR) is 168 cm³/mol. The molecule has 2 aromatic rings. The zero-order chi connectivity index (χ0) is 33.6. The molecule has 12 nitrogen and oxygen atoms in total. The summed E-state index contributed by atoms with van der Waals surface area (Å²) >= 11 is 0. The Balaban J connectivity index is 2.38. The second-order valence-corrected chi connectivity index (χ2v) is 13.0. The van der Waals surface area contributed by atoms with E-state index in [4.69, 9.17) is 23.6 Å². The lowest BCUT2D eigenvalue weighted by Gasteiger charge is -2.31. The van der Waals surface area contributed by atoms with Crippen LogP contribution in [0.25, 0.3) is 11.1 Å². The third-order valence-corrected chi connectivity index (χ3v) is 8.08. The number of esters is 2. The molecule has 2 aromatic carbocycles. The molecule has 0 saturated heterocycles. The van der Waals surface area contributed by atoms with Crippen molar-refractivity contribution in [3.8, 4) is 11.1 Å². The molecule has 0 heterocycles. The first-order valence-corrected chi connectivity index (χ1v) is 16.7. The maximum absolute atomic E-state index is 14.3. The first kappa shape index (κ1) is 37.6. The molecule has 2 rings (SSSR count). The molecule has 248 valence electrons. The number of carbonyl (C=O) groups excluding carboxylic acids is 3. The van der Waals surface area contributed by atoms with Crippen LogP contribution in [0.3, 0.4) is 0 Å². The van der Waals surface area contributed by atoms with Gasteiger partial charge in [-0.3, -0.25) is 38.1 Å². The molecule has 0 aliphatic heterocycles. The van der Waals surface area contributed by atoms with Crippen LogP contribution in [0.1, 0.15) is 59.9 Å². The highest BCUT2D eigenvalue weighted by molar-refractivity contribution is 7.53. The highest BCUT2D eigenvalue weighted by Gasteiger charge is 2.38. The van der Waals surface area contributed by atoms with Gasteiger partial charge in [0.05, 0.1) is 12.3 Å². The van der Waals surface area contributed by atoms with Gasteiger partial charge in [0, 0.05) is 24.7 Å². The number of hydrogen-bond donors (Lipinski definition) is 3. The van der Waals surface area contributed by atoms with Crippen LogP contribution >= 0.6 is 7.60 Å². The molecule has 3 atom stereocenters. The van der Waals surface area contributed by atoms with E-state index >= 15 is 0 Å². The average Bonchev–Trinajstić information content (AvgIpc) is 3.01. The molecule has 3 unspecified atom stereocenters. The minimum Gasteiger partial charge on any atom is -0.480 e. The van der Waals surface area contributed by atoms with E-state index in [1.54, 1.807) is 41.5 Å². The topological polar surface area (TPSA) is 167 Å². The Morgan fingerprint density at radius 3 is 1.71 bits per heavy atom. The summed E-state index contributed by atoms with van der Waals surface area (Å²) < 4.78 is 36.7. The molecular weight excluding hydrogens is 603 g/mol. The largest absolute Gasteiger partial charge is 0.480 e. The van der Waals surface area contributed by atoms with E-state index in [0.717, 1.165) is 16.7 Å². The van der Waals surface area contributed by atoms with E-state index in [1.807, 2.05) is 54.6 Å². The van der Waals surface area contributed by atoms with Gasteiger partial charge in [0.2, 0.25) is 18.5 Å².